The molecule has 1 aromatic carbocycles. The first kappa shape index (κ1) is 19.9. The van der Waals surface area contributed by atoms with Crippen LogP contribution in [-0.4, -0.2) is 41.8 Å². The van der Waals surface area contributed by atoms with E-state index < -0.39 is 0 Å². The quantitative estimate of drug-likeness (QED) is 0.674. The lowest BCUT2D eigenvalue weighted by atomic mass is 9.93. The number of benzene rings is 1. The highest BCUT2D eigenvalue weighted by atomic mass is 16.7. The molecule has 1 saturated carbocycles. The summed E-state index contributed by atoms with van der Waals surface area (Å²) in [5.74, 6) is 3.99. The summed E-state index contributed by atoms with van der Waals surface area (Å²) in [5, 5.41) is 6.47. The van der Waals surface area contributed by atoms with Gasteiger partial charge in [0.25, 0.3) is 0 Å². The summed E-state index contributed by atoms with van der Waals surface area (Å²) in [7, 11) is 0. The predicted octanol–water partition coefficient (Wildman–Crippen LogP) is 3.09. The predicted molar refractivity (Wildman–Crippen MR) is 117 cm³/mol. The van der Waals surface area contributed by atoms with Gasteiger partial charge in [-0.15, -0.1) is 0 Å². The summed E-state index contributed by atoms with van der Waals surface area (Å²) in [6.07, 6.45) is 7.81. The van der Waals surface area contributed by atoms with Gasteiger partial charge in [-0.1, -0.05) is 6.07 Å². The van der Waals surface area contributed by atoms with E-state index in [1.54, 1.807) is 6.33 Å². The van der Waals surface area contributed by atoms with Crippen LogP contribution in [0.5, 0.6) is 11.5 Å². The number of hydrogen-bond donors (Lipinski definition) is 2. The van der Waals surface area contributed by atoms with E-state index in [2.05, 4.69) is 31.6 Å². The molecule has 2 aromatic rings. The van der Waals surface area contributed by atoms with E-state index >= 15 is 0 Å². The monoisotopic (exact) mass is 423 g/mol. The van der Waals surface area contributed by atoms with Crippen LogP contribution in [0.25, 0.3) is 0 Å². The molecule has 0 radical (unpaired) electrons. The second kappa shape index (κ2) is 8.99. The minimum absolute atomic E-state index is 0.0905. The Kier molecular flexibility index (Phi) is 5.78. The number of carbonyl (C=O) groups excluding carboxylic acids is 1. The first-order valence-electron chi connectivity index (χ1n) is 11.2. The molecule has 2 fully saturated rings. The van der Waals surface area contributed by atoms with Crippen LogP contribution in [-0.2, 0) is 11.3 Å². The Bertz CT molecular complexity index is 933. The van der Waals surface area contributed by atoms with Gasteiger partial charge in [-0.3, -0.25) is 4.79 Å². The molecule has 1 aromatic heterocycles. The second-order valence-electron chi connectivity index (χ2n) is 8.64. The zero-order valence-corrected chi connectivity index (χ0v) is 17.7. The van der Waals surface area contributed by atoms with E-state index in [1.807, 2.05) is 18.2 Å². The number of nitrogens with one attached hydrogen (secondary N) is 2. The first-order valence-corrected chi connectivity index (χ1v) is 11.2. The highest BCUT2D eigenvalue weighted by Crippen LogP contribution is 2.32. The van der Waals surface area contributed by atoms with Gasteiger partial charge in [-0.25, -0.2) is 9.97 Å². The van der Waals surface area contributed by atoms with E-state index in [0.717, 1.165) is 61.1 Å². The Morgan fingerprint density at radius 2 is 2.03 bits per heavy atom. The molecular weight excluding hydrogens is 394 g/mol. The Morgan fingerprint density at radius 3 is 2.94 bits per heavy atom. The van der Waals surface area contributed by atoms with Crippen molar-refractivity contribution in [2.45, 2.75) is 51.1 Å². The summed E-state index contributed by atoms with van der Waals surface area (Å²) in [4.78, 5) is 23.5. The maximum Gasteiger partial charge on any atom is 0.231 e. The third-order valence-electron chi connectivity index (χ3n) is 6.13. The molecule has 164 valence electrons. The summed E-state index contributed by atoms with van der Waals surface area (Å²) < 4.78 is 10.7. The minimum atomic E-state index is 0.0905. The molecule has 0 spiro atoms. The average molecular weight is 424 g/mol. The van der Waals surface area contributed by atoms with Crippen LogP contribution in [0, 0.1) is 5.92 Å². The number of amides is 1. The lowest BCUT2D eigenvalue weighted by Crippen LogP contribution is -2.36. The molecule has 31 heavy (non-hydrogen) atoms. The SMILES string of the molecule is O=C(CCC1CCCN(c2cc(NC3CC3)ncn2)C1)NCc1ccc2c(c1)OCO2. The molecule has 2 aliphatic heterocycles. The number of nitrogens with zero attached hydrogens (tertiary/aromatic N) is 3. The third kappa shape index (κ3) is 5.18. The average Bonchev–Trinajstić information content (AvgIpc) is 3.49. The number of piperidine rings is 1. The molecule has 0 bridgehead atoms. The van der Waals surface area contributed by atoms with Crippen LogP contribution in [0.3, 0.4) is 0 Å². The third-order valence-corrected chi connectivity index (χ3v) is 6.13. The van der Waals surface area contributed by atoms with Gasteiger partial charge in [-0.05, 0) is 55.7 Å². The Labute approximate surface area is 182 Å². The maximum atomic E-state index is 12.4. The van der Waals surface area contributed by atoms with Crippen LogP contribution in [0.2, 0.25) is 0 Å². The molecule has 1 atom stereocenters. The highest BCUT2D eigenvalue weighted by Gasteiger charge is 2.24. The number of aromatic nitrogens is 2. The van der Waals surface area contributed by atoms with E-state index in [0.29, 0.717) is 24.9 Å². The number of anilines is 2. The van der Waals surface area contributed by atoms with E-state index in [-0.39, 0.29) is 12.7 Å². The van der Waals surface area contributed by atoms with Crippen molar-refractivity contribution in [2.24, 2.45) is 5.92 Å². The van der Waals surface area contributed by atoms with Crippen molar-refractivity contribution >= 4 is 17.5 Å². The number of hydrogen-bond acceptors (Lipinski definition) is 7. The van der Waals surface area contributed by atoms with E-state index in [1.165, 1.54) is 12.8 Å². The minimum Gasteiger partial charge on any atom is -0.454 e. The molecule has 1 saturated heterocycles. The summed E-state index contributed by atoms with van der Waals surface area (Å²) >= 11 is 0. The molecule has 2 N–H and O–H groups in total. The van der Waals surface area contributed by atoms with Gasteiger partial charge >= 0.3 is 0 Å². The van der Waals surface area contributed by atoms with E-state index in [9.17, 15) is 4.79 Å². The van der Waals surface area contributed by atoms with Gasteiger partial charge in [0, 0.05) is 38.2 Å². The van der Waals surface area contributed by atoms with Gasteiger partial charge in [0.1, 0.15) is 18.0 Å². The molecule has 1 amide bonds. The lowest BCUT2D eigenvalue weighted by Gasteiger charge is -2.33. The van der Waals surface area contributed by atoms with E-state index in [4.69, 9.17) is 9.47 Å². The van der Waals surface area contributed by atoms with Crippen molar-refractivity contribution in [3.8, 4) is 11.5 Å². The van der Waals surface area contributed by atoms with Gasteiger partial charge in [0.15, 0.2) is 11.5 Å². The molecule has 8 nitrogen and oxygen atoms in total. The van der Waals surface area contributed by atoms with Crippen molar-refractivity contribution in [1.29, 1.82) is 0 Å². The largest absolute Gasteiger partial charge is 0.454 e. The Balaban J connectivity index is 1.08. The van der Waals surface area contributed by atoms with Crippen LogP contribution in [0.15, 0.2) is 30.6 Å². The van der Waals surface area contributed by atoms with Gasteiger partial charge in [0.05, 0.1) is 0 Å². The second-order valence-corrected chi connectivity index (χ2v) is 8.64. The van der Waals surface area contributed by atoms with Crippen LogP contribution in [0.4, 0.5) is 11.6 Å². The molecule has 3 heterocycles. The molecule has 1 aliphatic carbocycles. The summed E-state index contributed by atoms with van der Waals surface area (Å²) in [6.45, 7) is 2.71. The highest BCUT2D eigenvalue weighted by molar-refractivity contribution is 5.75. The summed E-state index contributed by atoms with van der Waals surface area (Å²) in [5.41, 5.74) is 1.01. The molecular formula is C23H29N5O3. The standard InChI is InChI=1S/C23H29N5O3/c29-23(24-12-17-3-7-19-20(10-17)31-15-30-19)8-4-16-2-1-9-28(13-16)22-11-21(25-14-26-22)27-18-5-6-18/h3,7,10-11,14,16,18H,1-2,4-6,8-9,12-13,15H2,(H,24,29)(H,25,26,27). The molecule has 8 heteroatoms. The van der Waals surface area contributed by atoms with Crippen LogP contribution < -0.4 is 25.0 Å². The van der Waals surface area contributed by atoms with Gasteiger partial charge in [-0.2, -0.15) is 0 Å². The zero-order valence-electron chi connectivity index (χ0n) is 17.7. The molecule has 3 aliphatic rings. The topological polar surface area (TPSA) is 88.6 Å². The van der Waals surface area contributed by atoms with Crippen molar-refractivity contribution in [1.82, 2.24) is 15.3 Å². The van der Waals surface area contributed by atoms with Crippen LogP contribution in [0.1, 0.15) is 44.1 Å². The van der Waals surface area contributed by atoms with Crippen LogP contribution >= 0.6 is 0 Å². The number of carbonyl (C=O) groups is 1. The normalized spacial score (nSPS) is 19.9. The van der Waals surface area contributed by atoms with Crippen molar-refractivity contribution in [3.63, 3.8) is 0 Å². The van der Waals surface area contributed by atoms with Crippen molar-refractivity contribution in [3.05, 3.63) is 36.2 Å². The smallest absolute Gasteiger partial charge is 0.231 e. The van der Waals surface area contributed by atoms with Gasteiger partial charge < -0.3 is 25.0 Å². The fraction of sp³-hybridized carbons (Fsp3) is 0.522. The van der Waals surface area contributed by atoms with Crippen molar-refractivity contribution < 1.29 is 14.3 Å². The fourth-order valence-electron chi connectivity index (χ4n) is 4.22. The zero-order chi connectivity index (χ0) is 21.0. The molecule has 5 rings (SSSR count). The number of fused-ring (bicyclic) bond motifs is 1. The Morgan fingerprint density at radius 1 is 1.13 bits per heavy atom. The maximum absolute atomic E-state index is 12.4. The fourth-order valence-corrected chi connectivity index (χ4v) is 4.22. The van der Waals surface area contributed by atoms with Crippen molar-refractivity contribution in [2.75, 3.05) is 30.1 Å². The lowest BCUT2D eigenvalue weighted by molar-refractivity contribution is -0.121. The number of ether oxygens (including phenoxy) is 2. The first-order chi connectivity index (χ1) is 15.2. The molecule has 1 unspecified atom stereocenters. The Hall–Kier alpha value is -3.03. The van der Waals surface area contributed by atoms with Gasteiger partial charge in [0.2, 0.25) is 12.7 Å². The summed E-state index contributed by atoms with van der Waals surface area (Å²) in [6, 6.07) is 8.40. The number of rotatable bonds is 8.